The number of hydrogen-bond acceptors (Lipinski definition) is 5. The molecule has 0 bridgehead atoms. The van der Waals surface area contributed by atoms with Crippen LogP contribution in [0, 0.1) is 0 Å². The van der Waals surface area contributed by atoms with Crippen molar-refractivity contribution in [3.8, 4) is 0 Å². The van der Waals surface area contributed by atoms with Crippen LogP contribution in [0.4, 0.5) is 5.69 Å². The summed E-state index contributed by atoms with van der Waals surface area (Å²) >= 11 is 4.67. The Morgan fingerprint density at radius 1 is 1.26 bits per heavy atom. The first-order chi connectivity index (χ1) is 12.6. The molecule has 0 saturated heterocycles. The molecule has 0 atom stereocenters. The zero-order valence-corrected chi connectivity index (χ0v) is 17.9. The van der Waals surface area contributed by atoms with Crippen LogP contribution >= 0.6 is 27.3 Å². The standard InChI is InChI=1S/C19H20BrN3O3S/c1-19(2,3)18-22-12-9-11(5-6-13(12)26-18)21-16(24)10-23(4)17(25)14-7-8-15(20)27-14/h5-9H,10H2,1-4H3,(H,21,24). The minimum atomic E-state index is -0.277. The van der Waals surface area contributed by atoms with E-state index in [1.165, 1.54) is 16.2 Å². The van der Waals surface area contributed by atoms with Crippen LogP contribution in [0.1, 0.15) is 36.3 Å². The van der Waals surface area contributed by atoms with Crippen molar-refractivity contribution in [1.29, 1.82) is 0 Å². The molecule has 0 spiro atoms. The molecule has 8 heteroatoms. The molecule has 0 fully saturated rings. The molecule has 0 aliphatic carbocycles. The molecule has 3 rings (SSSR count). The minimum Gasteiger partial charge on any atom is -0.440 e. The Kier molecular flexibility index (Phi) is 5.39. The van der Waals surface area contributed by atoms with Gasteiger partial charge in [-0.05, 0) is 46.3 Å². The number of thiophene rings is 1. The van der Waals surface area contributed by atoms with E-state index in [2.05, 4.69) is 26.2 Å². The summed E-state index contributed by atoms with van der Waals surface area (Å²) in [5, 5.41) is 2.80. The van der Waals surface area contributed by atoms with Gasteiger partial charge in [-0.15, -0.1) is 11.3 Å². The van der Waals surface area contributed by atoms with Gasteiger partial charge in [0.1, 0.15) is 5.52 Å². The minimum absolute atomic E-state index is 0.0432. The maximum absolute atomic E-state index is 12.3. The second kappa shape index (κ2) is 7.44. The molecule has 0 aliphatic rings. The van der Waals surface area contributed by atoms with E-state index in [9.17, 15) is 9.59 Å². The van der Waals surface area contributed by atoms with E-state index in [4.69, 9.17) is 4.42 Å². The number of carbonyl (C=O) groups excluding carboxylic acids is 2. The summed E-state index contributed by atoms with van der Waals surface area (Å²) in [5.74, 6) is 0.177. The molecule has 2 heterocycles. The first-order valence-electron chi connectivity index (χ1n) is 8.35. The molecule has 1 aromatic carbocycles. The molecular formula is C19H20BrN3O3S. The highest BCUT2D eigenvalue weighted by Crippen LogP contribution is 2.27. The fourth-order valence-electron chi connectivity index (χ4n) is 2.43. The summed E-state index contributed by atoms with van der Waals surface area (Å²) in [6, 6.07) is 8.85. The molecule has 2 amide bonds. The van der Waals surface area contributed by atoms with E-state index in [0.717, 1.165) is 3.79 Å². The van der Waals surface area contributed by atoms with Crippen LogP contribution in [0.2, 0.25) is 0 Å². The molecule has 0 unspecified atom stereocenters. The Bertz CT molecular complexity index is 1000. The van der Waals surface area contributed by atoms with Gasteiger partial charge in [-0.1, -0.05) is 20.8 Å². The van der Waals surface area contributed by atoms with Crippen LogP contribution in [0.25, 0.3) is 11.1 Å². The van der Waals surface area contributed by atoms with Crippen LogP contribution in [-0.4, -0.2) is 35.3 Å². The predicted molar refractivity (Wildman–Crippen MR) is 110 cm³/mol. The lowest BCUT2D eigenvalue weighted by atomic mass is 9.97. The number of halogens is 1. The summed E-state index contributed by atoms with van der Waals surface area (Å²) in [6.45, 7) is 6.04. The smallest absolute Gasteiger partial charge is 0.264 e. The fourth-order valence-corrected chi connectivity index (χ4v) is 3.81. The van der Waals surface area contributed by atoms with Crippen LogP contribution in [0.5, 0.6) is 0 Å². The molecule has 6 nitrogen and oxygen atoms in total. The Balaban J connectivity index is 1.67. The fraction of sp³-hybridized carbons (Fsp3) is 0.316. The molecule has 0 aliphatic heterocycles. The molecular weight excluding hydrogens is 430 g/mol. The first kappa shape index (κ1) is 19.6. The molecule has 1 N–H and O–H groups in total. The number of rotatable bonds is 4. The molecule has 142 valence electrons. The summed E-state index contributed by atoms with van der Waals surface area (Å²) in [7, 11) is 1.60. The number of anilines is 1. The van der Waals surface area contributed by atoms with Gasteiger partial charge in [-0.25, -0.2) is 4.98 Å². The van der Waals surface area contributed by atoms with Gasteiger partial charge in [0, 0.05) is 18.2 Å². The van der Waals surface area contributed by atoms with E-state index in [1.54, 1.807) is 31.3 Å². The molecule has 3 aromatic rings. The highest BCUT2D eigenvalue weighted by atomic mass is 79.9. The molecule has 0 radical (unpaired) electrons. The molecule has 27 heavy (non-hydrogen) atoms. The quantitative estimate of drug-likeness (QED) is 0.628. The normalized spacial score (nSPS) is 11.6. The van der Waals surface area contributed by atoms with Crippen molar-refractivity contribution >= 4 is 55.9 Å². The average Bonchev–Trinajstić information content (AvgIpc) is 3.19. The van der Waals surface area contributed by atoms with E-state index >= 15 is 0 Å². The average molecular weight is 450 g/mol. The van der Waals surface area contributed by atoms with Crippen molar-refractivity contribution in [3.63, 3.8) is 0 Å². The third-order valence-electron chi connectivity index (χ3n) is 3.82. The van der Waals surface area contributed by atoms with E-state index < -0.39 is 0 Å². The van der Waals surface area contributed by atoms with Gasteiger partial charge >= 0.3 is 0 Å². The number of aromatic nitrogens is 1. The molecule has 2 aromatic heterocycles. The monoisotopic (exact) mass is 449 g/mol. The van der Waals surface area contributed by atoms with Gasteiger partial charge in [0.05, 0.1) is 15.2 Å². The van der Waals surface area contributed by atoms with Gasteiger partial charge in [0.25, 0.3) is 5.91 Å². The van der Waals surface area contributed by atoms with Gasteiger partial charge < -0.3 is 14.6 Å². The van der Waals surface area contributed by atoms with Crippen molar-refractivity contribution in [2.75, 3.05) is 18.9 Å². The number of oxazole rings is 1. The number of likely N-dealkylation sites (N-methyl/N-ethyl adjacent to an activating group) is 1. The first-order valence-corrected chi connectivity index (χ1v) is 9.96. The second-order valence-corrected chi connectivity index (χ2v) is 9.73. The van der Waals surface area contributed by atoms with Crippen molar-refractivity contribution in [2.45, 2.75) is 26.2 Å². The maximum atomic E-state index is 12.3. The lowest BCUT2D eigenvalue weighted by molar-refractivity contribution is -0.116. The Labute approximate surface area is 169 Å². The zero-order chi connectivity index (χ0) is 19.8. The molecule has 0 saturated carbocycles. The highest BCUT2D eigenvalue weighted by molar-refractivity contribution is 9.11. The lowest BCUT2D eigenvalue weighted by Gasteiger charge is -2.15. The van der Waals surface area contributed by atoms with Crippen LogP contribution in [-0.2, 0) is 10.2 Å². The largest absolute Gasteiger partial charge is 0.440 e. The summed E-state index contributed by atoms with van der Waals surface area (Å²) in [5.41, 5.74) is 1.78. The van der Waals surface area contributed by atoms with E-state index in [1.807, 2.05) is 26.8 Å². The second-order valence-electron chi connectivity index (χ2n) is 7.26. The van der Waals surface area contributed by atoms with Gasteiger partial charge in [0.15, 0.2) is 5.58 Å². The Hall–Kier alpha value is -2.19. The van der Waals surface area contributed by atoms with Crippen molar-refractivity contribution in [1.82, 2.24) is 9.88 Å². The van der Waals surface area contributed by atoms with Crippen LogP contribution in [0.3, 0.4) is 0 Å². The summed E-state index contributed by atoms with van der Waals surface area (Å²) in [6.07, 6.45) is 0. The SMILES string of the molecule is CN(CC(=O)Nc1ccc2oc(C(C)(C)C)nc2c1)C(=O)c1ccc(Br)s1. The van der Waals surface area contributed by atoms with Crippen LogP contribution in [0.15, 0.2) is 38.5 Å². The number of amides is 2. The number of nitrogens with one attached hydrogen (secondary N) is 1. The van der Waals surface area contributed by atoms with Crippen LogP contribution < -0.4 is 5.32 Å². The number of fused-ring (bicyclic) bond motifs is 1. The topological polar surface area (TPSA) is 75.4 Å². The van der Waals surface area contributed by atoms with Gasteiger partial charge in [-0.3, -0.25) is 9.59 Å². The van der Waals surface area contributed by atoms with Crippen molar-refractivity contribution in [2.24, 2.45) is 0 Å². The van der Waals surface area contributed by atoms with Crippen molar-refractivity contribution < 1.29 is 14.0 Å². The highest BCUT2D eigenvalue weighted by Gasteiger charge is 2.21. The predicted octanol–water partition coefficient (Wildman–Crippen LogP) is 4.66. The third-order valence-corrected chi connectivity index (χ3v) is 5.44. The third kappa shape index (κ3) is 4.56. The number of nitrogens with zero attached hydrogens (tertiary/aromatic N) is 2. The summed E-state index contributed by atoms with van der Waals surface area (Å²) < 4.78 is 6.63. The Morgan fingerprint density at radius 3 is 2.63 bits per heavy atom. The zero-order valence-electron chi connectivity index (χ0n) is 15.5. The van der Waals surface area contributed by atoms with E-state index in [0.29, 0.717) is 27.6 Å². The number of hydrogen-bond donors (Lipinski definition) is 1. The van der Waals surface area contributed by atoms with Gasteiger partial charge in [0.2, 0.25) is 11.8 Å². The van der Waals surface area contributed by atoms with Crippen molar-refractivity contribution in [3.05, 3.63) is 44.9 Å². The Morgan fingerprint density at radius 2 is 2.00 bits per heavy atom. The number of carbonyl (C=O) groups is 2. The summed E-state index contributed by atoms with van der Waals surface area (Å²) in [4.78, 5) is 31.1. The number of benzene rings is 1. The van der Waals surface area contributed by atoms with E-state index in [-0.39, 0.29) is 23.8 Å². The maximum Gasteiger partial charge on any atom is 0.264 e. The van der Waals surface area contributed by atoms with Gasteiger partial charge in [-0.2, -0.15) is 0 Å². The lowest BCUT2D eigenvalue weighted by Crippen LogP contribution is -2.34.